The number of rotatable bonds is 5. The number of nitrogens with zero attached hydrogens (tertiary/aromatic N) is 1. The maximum Gasteiger partial charge on any atom is 0.204 e. The van der Waals surface area contributed by atoms with Crippen molar-refractivity contribution in [1.29, 1.82) is 0 Å². The molecule has 0 aromatic carbocycles. The third kappa shape index (κ3) is 3.73. The molecular weight excluding hydrogens is 218 g/mol. The molecule has 2 N–H and O–H groups in total. The van der Waals surface area contributed by atoms with E-state index >= 15 is 0 Å². The van der Waals surface area contributed by atoms with Gasteiger partial charge in [-0.25, -0.2) is 0 Å². The minimum Gasteiger partial charge on any atom is -0.374 e. The lowest BCUT2D eigenvalue weighted by Crippen LogP contribution is -2.33. The number of hydrogen-bond donors (Lipinski definition) is 2. The fraction of sp³-hybridized carbons (Fsp3) is 0.750. The van der Waals surface area contributed by atoms with Gasteiger partial charge in [0.25, 0.3) is 0 Å². The summed E-state index contributed by atoms with van der Waals surface area (Å²) in [6.45, 7) is 7.49. The molecule has 0 aliphatic heterocycles. The van der Waals surface area contributed by atoms with Gasteiger partial charge in [-0.05, 0) is 33.0 Å². The van der Waals surface area contributed by atoms with E-state index in [1.807, 2.05) is 20.8 Å². The smallest absolute Gasteiger partial charge is 0.204 e. The number of aromatic nitrogens is 2. The summed E-state index contributed by atoms with van der Waals surface area (Å²) in [5, 5.41) is 10.7. The first kappa shape index (κ1) is 11.6. The molecule has 0 saturated heterocycles. The van der Waals surface area contributed by atoms with Crippen LogP contribution in [0, 0.1) is 3.95 Å². The monoisotopic (exact) mass is 233 g/mol. The average molecular weight is 233 g/mol. The Morgan fingerprint density at radius 1 is 1.64 bits per heavy atom. The largest absolute Gasteiger partial charge is 0.374 e. The number of anilines is 1. The molecule has 0 atom stereocenters. The van der Waals surface area contributed by atoms with Gasteiger partial charge < -0.3 is 10.1 Å². The van der Waals surface area contributed by atoms with Crippen LogP contribution in [0.2, 0.25) is 0 Å². The zero-order valence-electron chi connectivity index (χ0n) is 8.59. The molecule has 0 spiro atoms. The lowest BCUT2D eigenvalue weighted by Gasteiger charge is -2.24. The van der Waals surface area contributed by atoms with E-state index in [1.54, 1.807) is 0 Å². The SMILES string of the molecule is CCOC(C)(C)CNc1n[nH]c(=S)s1. The Hall–Kier alpha value is -0.460. The van der Waals surface area contributed by atoms with Crippen molar-refractivity contribution in [2.45, 2.75) is 26.4 Å². The number of ether oxygens (including phenoxy) is 1. The van der Waals surface area contributed by atoms with Gasteiger partial charge in [0.2, 0.25) is 5.13 Å². The van der Waals surface area contributed by atoms with Gasteiger partial charge in [-0.15, -0.1) is 5.10 Å². The maximum atomic E-state index is 5.54. The van der Waals surface area contributed by atoms with Crippen molar-refractivity contribution < 1.29 is 4.74 Å². The van der Waals surface area contributed by atoms with E-state index in [0.717, 1.165) is 11.7 Å². The quantitative estimate of drug-likeness (QED) is 0.767. The van der Waals surface area contributed by atoms with Gasteiger partial charge in [-0.3, -0.25) is 5.10 Å². The second-order valence-corrected chi connectivity index (χ2v) is 5.13. The summed E-state index contributed by atoms with van der Waals surface area (Å²) < 4.78 is 6.22. The van der Waals surface area contributed by atoms with Crippen molar-refractivity contribution >= 4 is 28.7 Å². The van der Waals surface area contributed by atoms with Crippen LogP contribution in [-0.4, -0.2) is 29.0 Å². The van der Waals surface area contributed by atoms with Crippen LogP contribution >= 0.6 is 23.6 Å². The van der Waals surface area contributed by atoms with Crippen LogP contribution in [0.4, 0.5) is 5.13 Å². The molecule has 0 bridgehead atoms. The van der Waals surface area contributed by atoms with Crippen LogP contribution in [0.15, 0.2) is 0 Å². The van der Waals surface area contributed by atoms with E-state index in [4.69, 9.17) is 17.0 Å². The van der Waals surface area contributed by atoms with Gasteiger partial charge in [0, 0.05) is 13.2 Å². The van der Waals surface area contributed by atoms with E-state index in [1.165, 1.54) is 11.3 Å². The molecule has 14 heavy (non-hydrogen) atoms. The summed E-state index contributed by atoms with van der Waals surface area (Å²) in [4.78, 5) is 0. The Kier molecular flexibility index (Phi) is 4.03. The molecule has 0 saturated carbocycles. The molecule has 1 aromatic heterocycles. The van der Waals surface area contributed by atoms with Crippen LogP contribution < -0.4 is 5.32 Å². The highest BCUT2D eigenvalue weighted by atomic mass is 32.1. The van der Waals surface area contributed by atoms with Gasteiger partial charge >= 0.3 is 0 Å². The normalized spacial score (nSPS) is 11.6. The highest BCUT2D eigenvalue weighted by molar-refractivity contribution is 7.73. The maximum absolute atomic E-state index is 5.54. The Bertz CT molecular complexity index is 331. The molecule has 80 valence electrons. The van der Waals surface area contributed by atoms with Crippen LogP contribution in [0.5, 0.6) is 0 Å². The van der Waals surface area contributed by atoms with Gasteiger partial charge in [0.1, 0.15) is 0 Å². The van der Waals surface area contributed by atoms with Gasteiger partial charge in [0.05, 0.1) is 5.60 Å². The first-order valence-corrected chi connectivity index (χ1v) is 5.69. The van der Waals surface area contributed by atoms with Gasteiger partial charge in [-0.1, -0.05) is 11.3 Å². The van der Waals surface area contributed by atoms with Crippen LogP contribution in [0.1, 0.15) is 20.8 Å². The fourth-order valence-electron chi connectivity index (χ4n) is 1.04. The molecule has 1 aromatic rings. The minimum atomic E-state index is -0.179. The Balaban J connectivity index is 2.44. The highest BCUT2D eigenvalue weighted by Crippen LogP contribution is 2.14. The zero-order valence-corrected chi connectivity index (χ0v) is 10.2. The van der Waals surface area contributed by atoms with Gasteiger partial charge in [-0.2, -0.15) is 0 Å². The molecule has 0 fully saturated rings. The predicted octanol–water partition coefficient (Wildman–Crippen LogP) is 2.43. The summed E-state index contributed by atoms with van der Waals surface area (Å²) in [7, 11) is 0. The molecule has 4 nitrogen and oxygen atoms in total. The third-order valence-electron chi connectivity index (χ3n) is 1.64. The first-order valence-electron chi connectivity index (χ1n) is 4.47. The van der Waals surface area contributed by atoms with E-state index in [-0.39, 0.29) is 5.60 Å². The first-order chi connectivity index (χ1) is 6.53. The van der Waals surface area contributed by atoms with E-state index in [9.17, 15) is 0 Å². The molecule has 0 amide bonds. The standard InChI is InChI=1S/C8H15N3OS2/c1-4-12-8(2,3)5-9-6-10-11-7(13)14-6/h4-5H2,1-3H3,(H,9,10)(H,11,13). The number of hydrogen-bond acceptors (Lipinski definition) is 5. The van der Waals surface area contributed by atoms with Crippen molar-refractivity contribution in [3.63, 3.8) is 0 Å². The van der Waals surface area contributed by atoms with Crippen LogP contribution in [0.3, 0.4) is 0 Å². The molecule has 0 radical (unpaired) electrons. The number of nitrogens with one attached hydrogen (secondary N) is 2. The Morgan fingerprint density at radius 2 is 2.36 bits per heavy atom. The molecule has 0 unspecified atom stereocenters. The van der Waals surface area contributed by atoms with E-state index in [0.29, 0.717) is 10.6 Å². The topological polar surface area (TPSA) is 49.9 Å². The summed E-state index contributed by atoms with van der Waals surface area (Å²) >= 11 is 6.35. The molecule has 6 heteroatoms. The lowest BCUT2D eigenvalue weighted by atomic mass is 10.1. The van der Waals surface area contributed by atoms with Crippen LogP contribution in [-0.2, 0) is 4.74 Å². The molecule has 0 aliphatic carbocycles. The van der Waals surface area contributed by atoms with Crippen molar-refractivity contribution in [2.24, 2.45) is 0 Å². The summed E-state index contributed by atoms with van der Waals surface area (Å²) in [6, 6.07) is 0. The zero-order chi connectivity index (χ0) is 10.6. The molecule has 1 rings (SSSR count). The minimum absolute atomic E-state index is 0.179. The van der Waals surface area contributed by atoms with Crippen LogP contribution in [0.25, 0.3) is 0 Å². The van der Waals surface area contributed by atoms with Crippen molar-refractivity contribution in [3.05, 3.63) is 3.95 Å². The Labute approximate surface area is 92.7 Å². The predicted molar refractivity (Wildman–Crippen MR) is 61.5 cm³/mol. The average Bonchev–Trinajstić information content (AvgIpc) is 2.48. The number of aromatic amines is 1. The third-order valence-corrected chi connectivity index (χ3v) is 2.69. The molecular formula is C8H15N3OS2. The van der Waals surface area contributed by atoms with Crippen molar-refractivity contribution in [3.8, 4) is 0 Å². The lowest BCUT2D eigenvalue weighted by molar-refractivity contribution is 0.000689. The van der Waals surface area contributed by atoms with E-state index in [2.05, 4.69) is 15.5 Å². The second-order valence-electron chi connectivity index (χ2n) is 3.46. The van der Waals surface area contributed by atoms with Gasteiger partial charge in [0.15, 0.2) is 3.95 Å². The fourth-order valence-corrected chi connectivity index (χ4v) is 1.82. The van der Waals surface area contributed by atoms with Crippen molar-refractivity contribution in [1.82, 2.24) is 10.2 Å². The van der Waals surface area contributed by atoms with Crippen molar-refractivity contribution in [2.75, 3.05) is 18.5 Å². The summed E-state index contributed by atoms with van der Waals surface area (Å²) in [5.74, 6) is 0. The summed E-state index contributed by atoms with van der Waals surface area (Å²) in [5.41, 5.74) is -0.179. The van der Waals surface area contributed by atoms with E-state index < -0.39 is 0 Å². The molecule has 0 aliphatic rings. The number of H-pyrrole nitrogens is 1. The molecule has 1 heterocycles. The summed E-state index contributed by atoms with van der Waals surface area (Å²) in [6.07, 6.45) is 0. The Morgan fingerprint density at radius 3 is 2.86 bits per heavy atom. The highest BCUT2D eigenvalue weighted by Gasteiger charge is 2.17. The second kappa shape index (κ2) is 4.86.